The van der Waals surface area contributed by atoms with E-state index in [9.17, 15) is 14.4 Å². The van der Waals surface area contributed by atoms with Crippen LogP contribution in [0.3, 0.4) is 0 Å². The second-order valence-corrected chi connectivity index (χ2v) is 5.34. The summed E-state index contributed by atoms with van der Waals surface area (Å²) < 4.78 is 0. The number of rotatable bonds is 3. The Labute approximate surface area is 126 Å². The summed E-state index contributed by atoms with van der Waals surface area (Å²) in [6, 6.07) is 3.95. The van der Waals surface area contributed by atoms with Gasteiger partial charge in [0.1, 0.15) is 6.54 Å². The fourth-order valence-corrected chi connectivity index (χ4v) is 2.50. The van der Waals surface area contributed by atoms with Crippen LogP contribution in [-0.4, -0.2) is 41.4 Å². The van der Waals surface area contributed by atoms with Crippen molar-refractivity contribution in [1.29, 1.82) is 0 Å². The summed E-state index contributed by atoms with van der Waals surface area (Å²) in [5, 5.41) is 13.7. The summed E-state index contributed by atoms with van der Waals surface area (Å²) in [5.41, 5.74) is 2.76. The molecule has 0 bridgehead atoms. The summed E-state index contributed by atoms with van der Waals surface area (Å²) in [4.78, 5) is 35.3. The molecule has 2 atom stereocenters. The minimum Gasteiger partial charge on any atom is -0.324 e. The summed E-state index contributed by atoms with van der Waals surface area (Å²) >= 11 is 0. The normalized spacial score (nSPS) is 22.7. The second-order valence-electron chi connectivity index (χ2n) is 5.34. The lowest BCUT2D eigenvalue weighted by molar-refractivity contribution is -0.126. The zero-order chi connectivity index (χ0) is 15.9. The van der Waals surface area contributed by atoms with Gasteiger partial charge in [-0.05, 0) is 31.0 Å². The lowest BCUT2D eigenvalue weighted by Crippen LogP contribution is -2.42. The summed E-state index contributed by atoms with van der Waals surface area (Å²) in [7, 11) is 0. The Morgan fingerprint density at radius 2 is 2.09 bits per heavy atom. The Bertz CT molecular complexity index is 700. The highest BCUT2D eigenvalue weighted by atomic mass is 16.2. The van der Waals surface area contributed by atoms with Gasteiger partial charge < -0.3 is 5.32 Å². The molecule has 1 aromatic rings. The molecule has 2 aliphatic rings. The molecular weight excluding hydrogens is 286 g/mol. The standard InChI is InChI=1S/C14H15N5O3/c1-7-4-3-5-9(8(7)2)15-10(20)6-19-12-11(17-18-19)13(21)16-14(12)22/h3-5,11-12H,6H2,1-2H3,(H,15,20)(H,16,21,22)/t11-,12+/m1/s1. The fourth-order valence-electron chi connectivity index (χ4n) is 2.50. The molecule has 22 heavy (non-hydrogen) atoms. The van der Waals surface area contributed by atoms with Gasteiger partial charge in [-0.2, -0.15) is 5.11 Å². The van der Waals surface area contributed by atoms with Crippen LogP contribution in [-0.2, 0) is 14.4 Å². The number of benzene rings is 1. The minimum atomic E-state index is -0.846. The van der Waals surface area contributed by atoms with Crippen molar-refractivity contribution in [2.45, 2.75) is 25.9 Å². The Kier molecular flexibility index (Phi) is 3.36. The van der Waals surface area contributed by atoms with Gasteiger partial charge in [-0.1, -0.05) is 17.4 Å². The van der Waals surface area contributed by atoms with E-state index < -0.39 is 23.9 Å². The molecule has 0 aromatic heterocycles. The molecule has 0 saturated carbocycles. The van der Waals surface area contributed by atoms with Crippen molar-refractivity contribution < 1.29 is 14.4 Å². The average Bonchev–Trinajstić information content (AvgIpc) is 2.99. The highest BCUT2D eigenvalue weighted by Gasteiger charge is 2.49. The van der Waals surface area contributed by atoms with Crippen LogP contribution < -0.4 is 10.6 Å². The summed E-state index contributed by atoms with van der Waals surface area (Å²) in [5.74, 6) is -1.27. The number of nitrogens with zero attached hydrogens (tertiary/aromatic N) is 3. The largest absolute Gasteiger partial charge is 0.324 e. The van der Waals surface area contributed by atoms with Gasteiger partial charge in [-0.3, -0.25) is 24.7 Å². The van der Waals surface area contributed by atoms with Gasteiger partial charge in [0.05, 0.1) is 0 Å². The van der Waals surface area contributed by atoms with Crippen molar-refractivity contribution in [3.8, 4) is 0 Å². The predicted molar refractivity (Wildman–Crippen MR) is 76.8 cm³/mol. The Hall–Kier alpha value is -2.77. The second kappa shape index (κ2) is 5.21. The van der Waals surface area contributed by atoms with Crippen LogP contribution in [0.4, 0.5) is 5.69 Å². The third-order valence-corrected chi connectivity index (χ3v) is 3.88. The smallest absolute Gasteiger partial charge is 0.256 e. The molecule has 114 valence electrons. The number of nitrogens with one attached hydrogen (secondary N) is 2. The highest BCUT2D eigenvalue weighted by molar-refractivity contribution is 6.09. The maximum atomic E-state index is 12.1. The van der Waals surface area contributed by atoms with Crippen molar-refractivity contribution in [2.24, 2.45) is 10.3 Å². The van der Waals surface area contributed by atoms with Crippen LogP contribution >= 0.6 is 0 Å². The number of amides is 3. The zero-order valence-corrected chi connectivity index (χ0v) is 12.2. The van der Waals surface area contributed by atoms with Crippen molar-refractivity contribution in [1.82, 2.24) is 10.3 Å². The average molecular weight is 301 g/mol. The van der Waals surface area contributed by atoms with Crippen molar-refractivity contribution in [3.05, 3.63) is 29.3 Å². The summed E-state index contributed by atoms with van der Waals surface area (Å²) in [6.45, 7) is 3.73. The molecule has 0 radical (unpaired) electrons. The van der Waals surface area contributed by atoms with E-state index in [2.05, 4.69) is 21.0 Å². The van der Waals surface area contributed by atoms with Crippen LogP contribution in [0.1, 0.15) is 11.1 Å². The van der Waals surface area contributed by atoms with Gasteiger partial charge >= 0.3 is 0 Å². The van der Waals surface area contributed by atoms with E-state index in [4.69, 9.17) is 0 Å². The topological polar surface area (TPSA) is 103 Å². The lowest BCUT2D eigenvalue weighted by Gasteiger charge is -2.18. The molecular formula is C14H15N5O3. The van der Waals surface area contributed by atoms with Crippen LogP contribution in [0, 0.1) is 13.8 Å². The van der Waals surface area contributed by atoms with Gasteiger partial charge in [-0.25, -0.2) is 0 Å². The number of anilines is 1. The van der Waals surface area contributed by atoms with E-state index in [0.29, 0.717) is 5.69 Å². The van der Waals surface area contributed by atoms with Crippen LogP contribution in [0.25, 0.3) is 0 Å². The van der Waals surface area contributed by atoms with Crippen LogP contribution in [0.15, 0.2) is 28.5 Å². The monoisotopic (exact) mass is 301 g/mol. The third kappa shape index (κ3) is 2.32. The van der Waals surface area contributed by atoms with Crippen molar-refractivity contribution >= 4 is 23.4 Å². The third-order valence-electron chi connectivity index (χ3n) is 3.88. The van der Waals surface area contributed by atoms with Crippen LogP contribution in [0.2, 0.25) is 0 Å². The Morgan fingerprint density at radius 3 is 2.86 bits per heavy atom. The van der Waals surface area contributed by atoms with Gasteiger partial charge in [0, 0.05) is 5.69 Å². The highest BCUT2D eigenvalue weighted by Crippen LogP contribution is 2.23. The first-order valence-electron chi connectivity index (χ1n) is 6.85. The van der Waals surface area contributed by atoms with E-state index in [1.807, 2.05) is 26.0 Å². The molecule has 0 unspecified atom stereocenters. The van der Waals surface area contributed by atoms with Crippen molar-refractivity contribution in [3.63, 3.8) is 0 Å². The van der Waals surface area contributed by atoms with Gasteiger partial charge in [-0.15, -0.1) is 0 Å². The predicted octanol–water partition coefficient (Wildman–Crippen LogP) is 0.318. The van der Waals surface area contributed by atoms with E-state index in [1.165, 1.54) is 5.01 Å². The lowest BCUT2D eigenvalue weighted by atomic mass is 10.1. The number of carbonyl (C=O) groups excluding carboxylic acids is 3. The molecule has 2 heterocycles. The van der Waals surface area contributed by atoms with E-state index in [0.717, 1.165) is 11.1 Å². The molecule has 2 aliphatic heterocycles. The molecule has 1 saturated heterocycles. The van der Waals surface area contributed by atoms with Gasteiger partial charge in [0.2, 0.25) is 5.91 Å². The minimum absolute atomic E-state index is 0.140. The number of imide groups is 1. The van der Waals surface area contributed by atoms with Gasteiger partial charge in [0.15, 0.2) is 12.1 Å². The number of carbonyl (C=O) groups is 3. The summed E-state index contributed by atoms with van der Waals surface area (Å²) in [6.07, 6.45) is 0. The number of fused-ring (bicyclic) bond motifs is 1. The fraction of sp³-hybridized carbons (Fsp3) is 0.357. The Balaban J connectivity index is 1.68. The maximum Gasteiger partial charge on any atom is 0.256 e. The molecule has 3 rings (SSSR count). The maximum absolute atomic E-state index is 12.1. The first kappa shape index (κ1) is 14.2. The van der Waals surface area contributed by atoms with Crippen LogP contribution in [0.5, 0.6) is 0 Å². The zero-order valence-electron chi connectivity index (χ0n) is 12.2. The molecule has 3 amide bonds. The number of hydrogen-bond acceptors (Lipinski definition) is 6. The number of aryl methyl sites for hydroxylation is 1. The molecule has 1 aromatic carbocycles. The SMILES string of the molecule is Cc1cccc(NC(=O)CN2N=N[C@H]3C(=O)NC(=O)[C@H]32)c1C. The molecule has 8 nitrogen and oxygen atoms in total. The van der Waals surface area contributed by atoms with E-state index in [-0.39, 0.29) is 12.5 Å². The van der Waals surface area contributed by atoms with Crippen molar-refractivity contribution in [2.75, 3.05) is 11.9 Å². The Morgan fingerprint density at radius 1 is 1.32 bits per heavy atom. The number of hydrogen-bond donors (Lipinski definition) is 2. The first-order chi connectivity index (χ1) is 10.5. The van der Waals surface area contributed by atoms with E-state index in [1.54, 1.807) is 6.07 Å². The van der Waals surface area contributed by atoms with Gasteiger partial charge in [0.25, 0.3) is 11.8 Å². The first-order valence-corrected chi connectivity index (χ1v) is 6.85. The molecule has 1 fully saturated rings. The molecule has 0 spiro atoms. The molecule has 2 N–H and O–H groups in total. The quantitative estimate of drug-likeness (QED) is 0.784. The van der Waals surface area contributed by atoms with E-state index >= 15 is 0 Å². The molecule has 0 aliphatic carbocycles. The molecule has 8 heteroatoms.